The summed E-state index contributed by atoms with van der Waals surface area (Å²) in [6.45, 7) is 3.15. The molecular weight excluding hydrogens is 330 g/mol. The van der Waals surface area contributed by atoms with Crippen molar-refractivity contribution in [3.8, 4) is 0 Å². The summed E-state index contributed by atoms with van der Waals surface area (Å²) in [7, 11) is 0. The maximum atomic E-state index is 12.8. The van der Waals surface area contributed by atoms with Crippen molar-refractivity contribution in [1.29, 1.82) is 0 Å². The van der Waals surface area contributed by atoms with Gasteiger partial charge in [-0.1, -0.05) is 6.92 Å². The number of rotatable bonds is 3. The molecule has 0 unspecified atom stereocenters. The van der Waals surface area contributed by atoms with Gasteiger partial charge >= 0.3 is 0 Å². The maximum Gasteiger partial charge on any atom is 0.253 e. The number of carbonyl (C=O) groups is 2. The minimum absolute atomic E-state index is 0.0118. The van der Waals surface area contributed by atoms with Gasteiger partial charge in [-0.15, -0.1) is 0 Å². The zero-order valence-electron chi connectivity index (χ0n) is 14.3. The second kappa shape index (κ2) is 6.59. The molecule has 0 saturated carbocycles. The van der Waals surface area contributed by atoms with Gasteiger partial charge in [-0.05, 0) is 36.2 Å². The van der Waals surface area contributed by atoms with Gasteiger partial charge in [0, 0.05) is 35.8 Å². The third-order valence-electron chi connectivity index (χ3n) is 4.86. The summed E-state index contributed by atoms with van der Waals surface area (Å²) in [6.07, 6.45) is 4.78. The number of hydrogen-bond donors (Lipinski definition) is 2. The van der Waals surface area contributed by atoms with Crippen LogP contribution in [0.25, 0.3) is 10.9 Å². The highest BCUT2D eigenvalue weighted by atomic mass is 16.2. The van der Waals surface area contributed by atoms with E-state index in [0.717, 1.165) is 10.9 Å². The number of amides is 2. The summed E-state index contributed by atoms with van der Waals surface area (Å²) in [5, 5.41) is 11.4. The molecule has 26 heavy (non-hydrogen) atoms. The first kappa shape index (κ1) is 16.3. The van der Waals surface area contributed by atoms with E-state index in [1.165, 1.54) is 12.4 Å². The molecule has 0 spiro atoms. The summed E-state index contributed by atoms with van der Waals surface area (Å²) >= 11 is 0. The average Bonchev–Trinajstić information content (AvgIpc) is 3.28. The van der Waals surface area contributed by atoms with Crippen molar-refractivity contribution in [2.75, 3.05) is 13.1 Å². The third kappa shape index (κ3) is 3.03. The molecule has 2 atom stereocenters. The standard InChI is InChI=1S/C19H19N5O2/c1-12-10-24(11-17(12)23-18(25)15-5-7-21-22-9-15)19(26)14-2-3-16-13(8-14)4-6-20-16/h2-9,12,17,20H,10-11H2,1H3,(H,23,25)/t12-,17+/m1/s1. The van der Waals surface area contributed by atoms with Gasteiger partial charge in [0.2, 0.25) is 0 Å². The van der Waals surface area contributed by atoms with Crippen LogP contribution >= 0.6 is 0 Å². The van der Waals surface area contributed by atoms with E-state index in [1.54, 1.807) is 11.0 Å². The third-order valence-corrected chi connectivity index (χ3v) is 4.86. The number of carbonyl (C=O) groups excluding carboxylic acids is 2. The number of likely N-dealkylation sites (tertiary alicyclic amines) is 1. The average molecular weight is 349 g/mol. The number of nitrogens with zero attached hydrogens (tertiary/aromatic N) is 3. The molecule has 7 heteroatoms. The van der Waals surface area contributed by atoms with Gasteiger partial charge in [-0.3, -0.25) is 9.59 Å². The molecule has 1 aliphatic heterocycles. The van der Waals surface area contributed by atoms with Gasteiger partial charge in [0.15, 0.2) is 0 Å². The van der Waals surface area contributed by atoms with Crippen molar-refractivity contribution in [3.05, 3.63) is 60.0 Å². The van der Waals surface area contributed by atoms with E-state index in [4.69, 9.17) is 0 Å². The Morgan fingerprint density at radius 3 is 2.85 bits per heavy atom. The normalized spacial score (nSPS) is 19.7. The summed E-state index contributed by atoms with van der Waals surface area (Å²) in [5.41, 5.74) is 2.14. The molecule has 2 aromatic heterocycles. The number of fused-ring (bicyclic) bond motifs is 1. The van der Waals surface area contributed by atoms with E-state index >= 15 is 0 Å². The number of H-pyrrole nitrogens is 1. The van der Waals surface area contributed by atoms with Crippen molar-refractivity contribution in [2.45, 2.75) is 13.0 Å². The molecule has 3 aromatic rings. The van der Waals surface area contributed by atoms with E-state index in [1.807, 2.05) is 37.4 Å². The lowest BCUT2D eigenvalue weighted by Gasteiger charge is -2.17. The fourth-order valence-corrected chi connectivity index (χ4v) is 3.37. The summed E-state index contributed by atoms with van der Waals surface area (Å²) in [4.78, 5) is 30.1. The highest BCUT2D eigenvalue weighted by Crippen LogP contribution is 2.21. The van der Waals surface area contributed by atoms with Gasteiger partial charge < -0.3 is 15.2 Å². The van der Waals surface area contributed by atoms with Gasteiger partial charge in [0.1, 0.15) is 0 Å². The van der Waals surface area contributed by atoms with Crippen LogP contribution < -0.4 is 5.32 Å². The number of nitrogens with one attached hydrogen (secondary N) is 2. The van der Waals surface area contributed by atoms with Crippen molar-refractivity contribution in [3.63, 3.8) is 0 Å². The second-order valence-corrected chi connectivity index (χ2v) is 6.68. The Bertz CT molecular complexity index is 953. The Labute approximate surface area is 150 Å². The number of benzene rings is 1. The van der Waals surface area contributed by atoms with Crippen LogP contribution in [0.1, 0.15) is 27.6 Å². The highest BCUT2D eigenvalue weighted by molar-refractivity contribution is 5.98. The van der Waals surface area contributed by atoms with E-state index in [9.17, 15) is 9.59 Å². The number of hydrogen-bond acceptors (Lipinski definition) is 4. The van der Waals surface area contributed by atoms with Gasteiger partial charge in [-0.2, -0.15) is 10.2 Å². The first-order chi connectivity index (χ1) is 12.6. The SMILES string of the molecule is C[C@@H]1CN(C(=O)c2ccc3[nH]ccc3c2)C[C@@H]1NC(=O)c1ccnnc1. The molecule has 7 nitrogen and oxygen atoms in total. The zero-order chi connectivity index (χ0) is 18.1. The summed E-state index contributed by atoms with van der Waals surface area (Å²) < 4.78 is 0. The van der Waals surface area contributed by atoms with Crippen LogP contribution in [-0.2, 0) is 0 Å². The van der Waals surface area contributed by atoms with Crippen molar-refractivity contribution in [2.24, 2.45) is 5.92 Å². The lowest BCUT2D eigenvalue weighted by molar-refractivity contribution is 0.0781. The largest absolute Gasteiger partial charge is 0.361 e. The molecule has 2 N–H and O–H groups in total. The van der Waals surface area contributed by atoms with E-state index < -0.39 is 0 Å². The van der Waals surface area contributed by atoms with Crippen molar-refractivity contribution >= 4 is 22.7 Å². The fraction of sp³-hybridized carbons (Fsp3) is 0.263. The Hall–Kier alpha value is -3.22. The monoisotopic (exact) mass is 349 g/mol. The molecule has 3 heterocycles. The molecule has 4 rings (SSSR count). The van der Waals surface area contributed by atoms with Crippen molar-refractivity contribution < 1.29 is 9.59 Å². The summed E-state index contributed by atoms with van der Waals surface area (Å²) in [5.74, 6) is -0.0317. The molecule has 1 fully saturated rings. The molecule has 2 amide bonds. The zero-order valence-corrected chi connectivity index (χ0v) is 14.3. The molecular formula is C19H19N5O2. The van der Waals surface area contributed by atoms with Gasteiger partial charge in [0.05, 0.1) is 24.0 Å². The predicted octanol–water partition coefficient (Wildman–Crippen LogP) is 1.85. The first-order valence-electron chi connectivity index (χ1n) is 8.56. The molecule has 0 bridgehead atoms. The highest BCUT2D eigenvalue weighted by Gasteiger charge is 2.34. The smallest absolute Gasteiger partial charge is 0.253 e. The van der Waals surface area contributed by atoms with Crippen LogP contribution in [0.15, 0.2) is 48.9 Å². The first-order valence-corrected chi connectivity index (χ1v) is 8.56. The van der Waals surface area contributed by atoms with Crippen LogP contribution in [0, 0.1) is 5.92 Å². The lowest BCUT2D eigenvalue weighted by Crippen LogP contribution is -2.40. The molecule has 1 aliphatic rings. The van der Waals surface area contributed by atoms with Crippen molar-refractivity contribution in [1.82, 2.24) is 25.4 Å². The molecule has 1 aromatic carbocycles. The number of aromatic amines is 1. The quantitative estimate of drug-likeness (QED) is 0.755. The van der Waals surface area contributed by atoms with E-state index in [0.29, 0.717) is 24.2 Å². The Morgan fingerprint density at radius 1 is 1.15 bits per heavy atom. The Balaban J connectivity index is 1.46. The second-order valence-electron chi connectivity index (χ2n) is 6.68. The van der Waals surface area contributed by atoms with Gasteiger partial charge in [-0.25, -0.2) is 0 Å². The predicted molar refractivity (Wildman–Crippen MR) is 96.7 cm³/mol. The van der Waals surface area contributed by atoms with Crippen LogP contribution in [0.2, 0.25) is 0 Å². The molecule has 0 radical (unpaired) electrons. The van der Waals surface area contributed by atoms with E-state index in [2.05, 4.69) is 20.5 Å². The van der Waals surface area contributed by atoms with Crippen LogP contribution in [0.3, 0.4) is 0 Å². The fourth-order valence-electron chi connectivity index (χ4n) is 3.37. The summed E-state index contributed by atoms with van der Waals surface area (Å²) in [6, 6.07) is 9.13. The van der Waals surface area contributed by atoms with Crippen LogP contribution in [0.4, 0.5) is 0 Å². The molecule has 132 valence electrons. The number of aromatic nitrogens is 3. The van der Waals surface area contributed by atoms with E-state index in [-0.39, 0.29) is 23.8 Å². The Morgan fingerprint density at radius 2 is 2.04 bits per heavy atom. The Kier molecular flexibility index (Phi) is 4.12. The molecule has 0 aliphatic carbocycles. The molecule has 1 saturated heterocycles. The topological polar surface area (TPSA) is 91.0 Å². The maximum absolute atomic E-state index is 12.8. The van der Waals surface area contributed by atoms with Gasteiger partial charge in [0.25, 0.3) is 11.8 Å². The minimum Gasteiger partial charge on any atom is -0.361 e. The van der Waals surface area contributed by atoms with Crippen LogP contribution in [0.5, 0.6) is 0 Å². The lowest BCUT2D eigenvalue weighted by atomic mass is 10.1. The van der Waals surface area contributed by atoms with Crippen LogP contribution in [-0.4, -0.2) is 51.0 Å². The minimum atomic E-state index is -0.195.